The van der Waals surface area contributed by atoms with Gasteiger partial charge in [0.15, 0.2) is 0 Å². The molecule has 0 saturated heterocycles. The quantitative estimate of drug-likeness (QED) is 0.437. The Morgan fingerprint density at radius 3 is 2.25 bits per heavy atom. The van der Waals surface area contributed by atoms with Gasteiger partial charge >= 0.3 is 0 Å². The zero-order valence-electron chi connectivity index (χ0n) is 11.4. The van der Waals surface area contributed by atoms with E-state index in [1.165, 1.54) is 11.3 Å². The molecule has 0 saturated carbocycles. The number of hydrogen-bond acceptors (Lipinski definition) is 1. The lowest BCUT2D eigenvalue weighted by molar-refractivity contribution is 0.890. The first kappa shape index (κ1) is 14.9. The summed E-state index contributed by atoms with van der Waals surface area (Å²) in [6.07, 6.45) is 11.8. The van der Waals surface area contributed by atoms with Crippen LogP contribution < -0.4 is 0 Å². The highest BCUT2D eigenvalue weighted by molar-refractivity contribution is 6.01. The van der Waals surface area contributed by atoms with E-state index in [2.05, 4.69) is 63.9 Å². The van der Waals surface area contributed by atoms with E-state index in [4.69, 9.17) is 0 Å². The van der Waals surface area contributed by atoms with Gasteiger partial charge in [0.2, 0.25) is 0 Å². The summed E-state index contributed by atoms with van der Waals surface area (Å²) in [7, 11) is 0. The molecule has 0 spiro atoms. The van der Waals surface area contributed by atoms with Crippen LogP contribution in [0.2, 0.25) is 0 Å². The van der Waals surface area contributed by atoms with Crippen LogP contribution in [0.15, 0.2) is 40.6 Å². The first-order valence-corrected chi connectivity index (χ1v) is 6.23. The van der Waals surface area contributed by atoms with Crippen molar-refractivity contribution in [2.75, 3.05) is 0 Å². The van der Waals surface area contributed by atoms with Crippen molar-refractivity contribution in [2.24, 2.45) is 4.99 Å². The summed E-state index contributed by atoms with van der Waals surface area (Å²) in [6.45, 7) is 10.5. The molecule has 16 heavy (non-hydrogen) atoms. The first-order chi connectivity index (χ1) is 7.69. The van der Waals surface area contributed by atoms with Crippen LogP contribution in [0.3, 0.4) is 0 Å². The number of nitrogens with zero attached hydrogens (tertiary/aromatic N) is 1. The molecule has 0 radical (unpaired) electrons. The fourth-order valence-corrected chi connectivity index (χ4v) is 1.47. The summed E-state index contributed by atoms with van der Waals surface area (Å²) in [5.41, 5.74) is 3.51. The second-order valence-corrected chi connectivity index (χ2v) is 3.78. The van der Waals surface area contributed by atoms with Gasteiger partial charge in [0.25, 0.3) is 0 Å². The molecule has 0 aromatic rings. The highest BCUT2D eigenvalue weighted by Crippen LogP contribution is 2.10. The average molecular weight is 219 g/mol. The van der Waals surface area contributed by atoms with Crippen LogP contribution >= 0.6 is 0 Å². The summed E-state index contributed by atoms with van der Waals surface area (Å²) in [5, 5.41) is 0. The van der Waals surface area contributed by atoms with Crippen LogP contribution in [-0.4, -0.2) is 5.71 Å². The van der Waals surface area contributed by atoms with Crippen LogP contribution in [-0.2, 0) is 0 Å². The van der Waals surface area contributed by atoms with Crippen LogP contribution in [0.5, 0.6) is 0 Å². The minimum absolute atomic E-state index is 1.06. The number of rotatable bonds is 6. The second-order valence-electron chi connectivity index (χ2n) is 3.78. The summed E-state index contributed by atoms with van der Waals surface area (Å²) >= 11 is 0. The Kier molecular flexibility index (Phi) is 8.51. The molecule has 1 nitrogen and oxygen atoms in total. The third kappa shape index (κ3) is 5.69. The lowest BCUT2D eigenvalue weighted by Crippen LogP contribution is -1.96. The highest BCUT2D eigenvalue weighted by atomic mass is 14.8. The largest absolute Gasteiger partial charge is 0.258 e. The maximum absolute atomic E-state index is 4.67. The van der Waals surface area contributed by atoms with Crippen molar-refractivity contribution < 1.29 is 0 Å². The number of hydrogen-bond donors (Lipinski definition) is 0. The molecule has 0 aliphatic heterocycles. The van der Waals surface area contributed by atoms with Crippen molar-refractivity contribution in [3.05, 3.63) is 35.6 Å². The van der Waals surface area contributed by atoms with Crippen molar-refractivity contribution in [3.63, 3.8) is 0 Å². The number of aliphatic imine (C=N–C) groups is 1. The fraction of sp³-hybridized carbons (Fsp3) is 0.533. The smallest absolute Gasteiger partial charge is 0.0444 e. The molecule has 0 fully saturated rings. The molecular weight excluding hydrogens is 194 g/mol. The van der Waals surface area contributed by atoms with Crippen molar-refractivity contribution in [1.82, 2.24) is 0 Å². The van der Waals surface area contributed by atoms with Gasteiger partial charge in [-0.05, 0) is 39.2 Å². The van der Waals surface area contributed by atoms with Gasteiger partial charge in [-0.1, -0.05) is 44.6 Å². The third-order valence-corrected chi connectivity index (χ3v) is 2.41. The maximum atomic E-state index is 4.67. The molecule has 0 aliphatic rings. The van der Waals surface area contributed by atoms with Crippen molar-refractivity contribution in [3.8, 4) is 0 Å². The third-order valence-electron chi connectivity index (χ3n) is 2.41. The van der Waals surface area contributed by atoms with E-state index in [0.29, 0.717) is 0 Å². The Morgan fingerprint density at radius 2 is 1.81 bits per heavy atom. The molecule has 0 bridgehead atoms. The van der Waals surface area contributed by atoms with E-state index >= 15 is 0 Å². The van der Waals surface area contributed by atoms with Crippen LogP contribution in [0.25, 0.3) is 0 Å². The predicted octanol–water partition coefficient (Wildman–Crippen LogP) is 5.06. The second kappa shape index (κ2) is 9.14. The molecule has 0 aromatic heterocycles. The normalized spacial score (nSPS) is 14.9. The van der Waals surface area contributed by atoms with Crippen LogP contribution in [0.1, 0.15) is 53.9 Å². The summed E-state index contributed by atoms with van der Waals surface area (Å²) in [6, 6.07) is 0. The summed E-state index contributed by atoms with van der Waals surface area (Å²) in [5.74, 6) is 0. The first-order valence-electron chi connectivity index (χ1n) is 6.23. The SMILES string of the molecule is CC=C(/C=C\CC)/C(C)=N/C(=C\C)CCC. The highest BCUT2D eigenvalue weighted by Gasteiger charge is 1.98. The molecule has 0 heterocycles. The Labute approximate surface area is 101 Å². The Balaban J connectivity index is 4.80. The van der Waals surface area contributed by atoms with Gasteiger partial charge in [-0.15, -0.1) is 0 Å². The minimum atomic E-state index is 1.06. The standard InChI is InChI=1S/C15H25N/c1-6-10-12-14(8-3)13(5)16-15(9-4)11-7-2/h8-10,12H,6-7,11H2,1-5H3/b12-10-,14-8?,15-9-,16-13+. The van der Waals surface area contributed by atoms with E-state index in [1.807, 2.05) is 0 Å². The van der Waals surface area contributed by atoms with Gasteiger partial charge in [-0.2, -0.15) is 0 Å². The minimum Gasteiger partial charge on any atom is -0.258 e. The molecule has 0 N–H and O–H groups in total. The Bertz CT molecular complexity index is 303. The molecule has 1 heteroatoms. The van der Waals surface area contributed by atoms with Crippen LogP contribution in [0.4, 0.5) is 0 Å². The Hall–Kier alpha value is -1.11. The lowest BCUT2D eigenvalue weighted by Gasteiger charge is -2.04. The maximum Gasteiger partial charge on any atom is 0.0444 e. The molecule has 90 valence electrons. The van der Waals surface area contributed by atoms with Gasteiger partial charge in [0, 0.05) is 11.4 Å². The van der Waals surface area contributed by atoms with Crippen molar-refractivity contribution in [1.29, 1.82) is 0 Å². The van der Waals surface area contributed by atoms with Crippen molar-refractivity contribution >= 4 is 5.71 Å². The average Bonchev–Trinajstić information content (AvgIpc) is 2.29. The summed E-state index contributed by atoms with van der Waals surface area (Å²) < 4.78 is 0. The molecule has 0 rings (SSSR count). The van der Waals surface area contributed by atoms with Gasteiger partial charge in [-0.3, -0.25) is 4.99 Å². The predicted molar refractivity (Wildman–Crippen MR) is 75.0 cm³/mol. The summed E-state index contributed by atoms with van der Waals surface area (Å²) in [4.78, 5) is 4.67. The molecular formula is C15H25N. The van der Waals surface area contributed by atoms with Gasteiger partial charge < -0.3 is 0 Å². The zero-order valence-corrected chi connectivity index (χ0v) is 11.4. The molecule has 0 aliphatic carbocycles. The van der Waals surface area contributed by atoms with E-state index < -0.39 is 0 Å². The van der Waals surface area contributed by atoms with Gasteiger partial charge in [-0.25, -0.2) is 0 Å². The van der Waals surface area contributed by atoms with Gasteiger partial charge in [0.1, 0.15) is 0 Å². The van der Waals surface area contributed by atoms with Crippen molar-refractivity contribution in [2.45, 2.75) is 53.9 Å². The molecule has 0 amide bonds. The molecule has 0 unspecified atom stereocenters. The molecule has 0 atom stereocenters. The van der Waals surface area contributed by atoms with E-state index in [-0.39, 0.29) is 0 Å². The van der Waals surface area contributed by atoms with Gasteiger partial charge in [0.05, 0.1) is 0 Å². The zero-order chi connectivity index (χ0) is 12.4. The fourth-order valence-electron chi connectivity index (χ4n) is 1.47. The van der Waals surface area contributed by atoms with Crippen LogP contribution in [0, 0.1) is 0 Å². The van der Waals surface area contributed by atoms with E-state index in [0.717, 1.165) is 25.0 Å². The van der Waals surface area contributed by atoms with E-state index in [1.54, 1.807) is 0 Å². The lowest BCUT2D eigenvalue weighted by atomic mass is 10.1. The monoisotopic (exact) mass is 219 g/mol. The number of allylic oxidation sites excluding steroid dienone is 6. The van der Waals surface area contributed by atoms with E-state index in [9.17, 15) is 0 Å². The Morgan fingerprint density at radius 1 is 1.12 bits per heavy atom. The molecule has 0 aromatic carbocycles. The topological polar surface area (TPSA) is 12.4 Å².